The van der Waals surface area contributed by atoms with Gasteiger partial charge in [-0.15, -0.1) is 5.10 Å². The molecule has 0 bridgehead atoms. The molecule has 0 atom stereocenters. The molecule has 1 N–H and O–H groups in total. The zero-order valence-corrected chi connectivity index (χ0v) is 20.4. The highest BCUT2D eigenvalue weighted by molar-refractivity contribution is 7.99. The number of carbonyl (C=O) groups is 1. The monoisotopic (exact) mass is 477 g/mol. The molecule has 34 heavy (non-hydrogen) atoms. The predicted octanol–water partition coefficient (Wildman–Crippen LogP) is 4.04. The number of aryl methyl sites for hydroxylation is 1. The Balaban J connectivity index is 1.37. The lowest BCUT2D eigenvalue weighted by Gasteiger charge is -2.12. The van der Waals surface area contributed by atoms with E-state index in [9.17, 15) is 4.79 Å². The average Bonchev–Trinajstić information content (AvgIpc) is 3.45. The lowest BCUT2D eigenvalue weighted by molar-refractivity contribution is -0.113. The number of aromatic nitrogens is 6. The number of anilines is 1. The number of carbonyl (C=O) groups excluding carboxylic acids is 1. The summed E-state index contributed by atoms with van der Waals surface area (Å²) in [6.07, 6.45) is 1.79. The Morgan fingerprint density at radius 2 is 1.91 bits per heavy atom. The molecule has 0 aliphatic carbocycles. The van der Waals surface area contributed by atoms with E-state index in [1.165, 1.54) is 11.8 Å². The van der Waals surface area contributed by atoms with E-state index in [1.807, 2.05) is 70.2 Å². The molecule has 0 fully saturated rings. The standard InChI is InChI=1S/C24H27N7O2S/c1-16(2)33-20-10-8-19(9-11-20)14-30-22(12-13-25-30)26-23(32)15-34-24-27-28-29-31(24)21-7-5-6-17(3)18(21)4/h5-13,16H,14-15H2,1-4H3,(H,26,32). The molecule has 2 aromatic carbocycles. The Morgan fingerprint density at radius 1 is 1.12 bits per heavy atom. The molecule has 176 valence electrons. The van der Waals surface area contributed by atoms with Gasteiger partial charge in [0.15, 0.2) is 0 Å². The van der Waals surface area contributed by atoms with E-state index >= 15 is 0 Å². The van der Waals surface area contributed by atoms with Crippen LogP contribution in [0, 0.1) is 13.8 Å². The minimum atomic E-state index is -0.164. The fraction of sp³-hybridized carbons (Fsp3) is 0.292. The van der Waals surface area contributed by atoms with Crippen molar-refractivity contribution in [2.45, 2.75) is 45.5 Å². The number of amides is 1. The summed E-state index contributed by atoms with van der Waals surface area (Å²) in [5.41, 5.74) is 4.19. The maximum absolute atomic E-state index is 12.7. The summed E-state index contributed by atoms with van der Waals surface area (Å²) in [5.74, 6) is 1.45. The number of nitrogens with zero attached hydrogens (tertiary/aromatic N) is 6. The summed E-state index contributed by atoms with van der Waals surface area (Å²) >= 11 is 1.28. The minimum Gasteiger partial charge on any atom is -0.491 e. The van der Waals surface area contributed by atoms with Gasteiger partial charge in [0.25, 0.3) is 0 Å². The summed E-state index contributed by atoms with van der Waals surface area (Å²) < 4.78 is 9.10. The first-order chi connectivity index (χ1) is 16.4. The Hall–Kier alpha value is -3.66. The van der Waals surface area contributed by atoms with Crippen LogP contribution >= 0.6 is 11.8 Å². The number of rotatable bonds is 9. The molecule has 2 aromatic heterocycles. The van der Waals surface area contributed by atoms with E-state index in [2.05, 4.69) is 25.9 Å². The van der Waals surface area contributed by atoms with Gasteiger partial charge >= 0.3 is 0 Å². The fourth-order valence-electron chi connectivity index (χ4n) is 3.38. The lowest BCUT2D eigenvalue weighted by atomic mass is 10.1. The largest absolute Gasteiger partial charge is 0.491 e. The summed E-state index contributed by atoms with van der Waals surface area (Å²) in [5, 5.41) is 19.8. The molecule has 0 spiro atoms. The Kier molecular flexibility index (Phi) is 7.27. The van der Waals surface area contributed by atoms with Gasteiger partial charge in [0.05, 0.1) is 30.3 Å². The van der Waals surface area contributed by atoms with E-state index in [0.717, 1.165) is 28.1 Å². The number of thioether (sulfide) groups is 1. The Morgan fingerprint density at radius 3 is 2.68 bits per heavy atom. The number of nitrogens with one attached hydrogen (secondary N) is 1. The van der Waals surface area contributed by atoms with Crippen LogP contribution in [0.25, 0.3) is 5.69 Å². The molecule has 0 radical (unpaired) electrons. The summed E-state index contributed by atoms with van der Waals surface area (Å²) in [4.78, 5) is 12.7. The Bertz CT molecular complexity index is 1260. The van der Waals surface area contributed by atoms with Gasteiger partial charge in [-0.05, 0) is 73.0 Å². The molecular formula is C24H27N7O2S. The van der Waals surface area contributed by atoms with Gasteiger partial charge in [-0.25, -0.2) is 4.68 Å². The maximum Gasteiger partial charge on any atom is 0.235 e. The van der Waals surface area contributed by atoms with Crippen molar-refractivity contribution in [2.24, 2.45) is 0 Å². The van der Waals surface area contributed by atoms with Gasteiger partial charge < -0.3 is 10.1 Å². The first kappa shape index (κ1) is 23.5. The fourth-order valence-corrected chi connectivity index (χ4v) is 4.06. The van der Waals surface area contributed by atoms with E-state index in [4.69, 9.17) is 4.74 Å². The van der Waals surface area contributed by atoms with Crippen molar-refractivity contribution < 1.29 is 9.53 Å². The molecule has 0 saturated carbocycles. The van der Waals surface area contributed by atoms with E-state index in [-0.39, 0.29) is 17.8 Å². The summed E-state index contributed by atoms with van der Waals surface area (Å²) in [6, 6.07) is 15.6. The normalized spacial score (nSPS) is 11.1. The SMILES string of the molecule is Cc1cccc(-n2nnnc2SCC(=O)Nc2ccnn2Cc2ccc(OC(C)C)cc2)c1C. The van der Waals surface area contributed by atoms with Crippen molar-refractivity contribution >= 4 is 23.5 Å². The number of hydrogen-bond acceptors (Lipinski definition) is 7. The third kappa shape index (κ3) is 5.63. The molecular weight excluding hydrogens is 450 g/mol. The predicted molar refractivity (Wildman–Crippen MR) is 132 cm³/mol. The summed E-state index contributed by atoms with van der Waals surface area (Å²) in [7, 11) is 0. The second-order valence-corrected chi connectivity index (χ2v) is 9.06. The summed E-state index contributed by atoms with van der Waals surface area (Å²) in [6.45, 7) is 8.59. The number of ether oxygens (including phenoxy) is 1. The highest BCUT2D eigenvalue weighted by Gasteiger charge is 2.15. The van der Waals surface area contributed by atoms with Crippen molar-refractivity contribution in [1.29, 1.82) is 0 Å². The molecule has 0 unspecified atom stereocenters. The first-order valence-electron chi connectivity index (χ1n) is 11.0. The lowest BCUT2D eigenvalue weighted by Crippen LogP contribution is -2.18. The van der Waals surface area contributed by atoms with Gasteiger partial charge in [0.1, 0.15) is 11.6 Å². The van der Waals surface area contributed by atoms with Crippen LogP contribution < -0.4 is 10.1 Å². The van der Waals surface area contributed by atoms with Crippen LogP contribution in [-0.4, -0.2) is 47.8 Å². The van der Waals surface area contributed by atoms with Gasteiger partial charge in [-0.2, -0.15) is 9.78 Å². The Labute approximate surface area is 202 Å². The third-order valence-corrected chi connectivity index (χ3v) is 6.11. The first-order valence-corrected chi connectivity index (χ1v) is 11.9. The molecule has 9 nitrogen and oxygen atoms in total. The minimum absolute atomic E-state index is 0.127. The van der Waals surface area contributed by atoms with E-state index in [1.54, 1.807) is 21.6 Å². The number of tetrazole rings is 1. The zero-order chi connectivity index (χ0) is 24.1. The average molecular weight is 478 g/mol. The van der Waals surface area contributed by atoms with Crippen LogP contribution in [0.1, 0.15) is 30.5 Å². The van der Waals surface area contributed by atoms with Crippen LogP contribution in [0.2, 0.25) is 0 Å². The van der Waals surface area contributed by atoms with Crippen molar-refractivity contribution in [1.82, 2.24) is 30.0 Å². The molecule has 0 saturated heterocycles. The highest BCUT2D eigenvalue weighted by Crippen LogP contribution is 2.23. The topological polar surface area (TPSA) is 99.8 Å². The number of hydrogen-bond donors (Lipinski definition) is 1. The smallest absolute Gasteiger partial charge is 0.235 e. The van der Waals surface area contributed by atoms with Crippen LogP contribution in [0.5, 0.6) is 5.75 Å². The number of benzene rings is 2. The molecule has 10 heteroatoms. The van der Waals surface area contributed by atoms with Crippen molar-refractivity contribution in [3.8, 4) is 11.4 Å². The van der Waals surface area contributed by atoms with E-state index in [0.29, 0.717) is 17.5 Å². The molecule has 0 aliphatic rings. The van der Waals surface area contributed by atoms with Gasteiger partial charge in [0, 0.05) is 6.07 Å². The quantitative estimate of drug-likeness (QED) is 0.363. The molecule has 0 aliphatic heterocycles. The van der Waals surface area contributed by atoms with Crippen LogP contribution in [0.3, 0.4) is 0 Å². The molecule has 4 aromatic rings. The van der Waals surface area contributed by atoms with Crippen LogP contribution in [-0.2, 0) is 11.3 Å². The highest BCUT2D eigenvalue weighted by atomic mass is 32.2. The maximum atomic E-state index is 12.7. The van der Waals surface area contributed by atoms with E-state index < -0.39 is 0 Å². The zero-order valence-electron chi connectivity index (χ0n) is 19.6. The van der Waals surface area contributed by atoms with Crippen LogP contribution in [0.4, 0.5) is 5.82 Å². The van der Waals surface area contributed by atoms with Crippen LogP contribution in [0.15, 0.2) is 59.9 Å². The second kappa shape index (κ2) is 10.5. The van der Waals surface area contributed by atoms with Gasteiger partial charge in [-0.3, -0.25) is 4.79 Å². The molecule has 4 rings (SSSR count). The second-order valence-electron chi connectivity index (χ2n) is 8.11. The van der Waals surface area contributed by atoms with Crippen molar-refractivity contribution in [2.75, 3.05) is 11.1 Å². The van der Waals surface area contributed by atoms with Crippen molar-refractivity contribution in [3.05, 3.63) is 71.4 Å². The van der Waals surface area contributed by atoms with Gasteiger partial charge in [0.2, 0.25) is 11.1 Å². The third-order valence-electron chi connectivity index (χ3n) is 5.19. The molecule has 2 heterocycles. The molecule has 1 amide bonds. The van der Waals surface area contributed by atoms with Gasteiger partial charge in [-0.1, -0.05) is 36.0 Å². The van der Waals surface area contributed by atoms with Crippen molar-refractivity contribution in [3.63, 3.8) is 0 Å².